The van der Waals surface area contributed by atoms with Gasteiger partial charge in [0.2, 0.25) is 0 Å². The Hall–Kier alpha value is -2.34. The van der Waals surface area contributed by atoms with Crippen LogP contribution < -0.4 is 15.8 Å². The highest BCUT2D eigenvalue weighted by Crippen LogP contribution is 2.32. The van der Waals surface area contributed by atoms with E-state index >= 15 is 0 Å². The third-order valence-corrected chi connectivity index (χ3v) is 2.82. The van der Waals surface area contributed by atoms with Gasteiger partial charge < -0.3 is 15.8 Å². The Bertz CT molecular complexity index is 664. The zero-order chi connectivity index (χ0) is 14.7. The zero-order valence-corrected chi connectivity index (χ0v) is 11.2. The first kappa shape index (κ1) is 14.1. The monoisotopic (exact) mass is 295 g/mol. The van der Waals surface area contributed by atoms with Crippen molar-refractivity contribution in [2.75, 3.05) is 12.4 Å². The first-order chi connectivity index (χ1) is 9.51. The molecule has 0 aliphatic carbocycles. The molecule has 0 fully saturated rings. The number of primary amides is 1. The predicted octanol–water partition coefficient (Wildman–Crippen LogP) is 2.81. The topological polar surface area (TPSA) is 77.2 Å². The van der Waals surface area contributed by atoms with Crippen LogP contribution in [0.3, 0.4) is 0 Å². The SMILES string of the molecule is CNc1cc(F)c(Oc2ccnc(C(N)=O)c2)cc1Cl. The van der Waals surface area contributed by atoms with Crippen molar-refractivity contribution in [1.29, 1.82) is 0 Å². The minimum Gasteiger partial charge on any atom is -0.454 e. The number of hydrogen-bond acceptors (Lipinski definition) is 4. The van der Waals surface area contributed by atoms with E-state index in [1.165, 1.54) is 30.5 Å². The molecule has 0 atom stereocenters. The Balaban J connectivity index is 2.32. The quantitative estimate of drug-likeness (QED) is 0.909. The van der Waals surface area contributed by atoms with Crippen LogP contribution in [0.5, 0.6) is 11.5 Å². The van der Waals surface area contributed by atoms with Crippen molar-refractivity contribution in [3.05, 3.63) is 47.0 Å². The average Bonchev–Trinajstić information content (AvgIpc) is 2.42. The average molecular weight is 296 g/mol. The highest BCUT2D eigenvalue weighted by Gasteiger charge is 2.11. The number of amides is 1. The second kappa shape index (κ2) is 5.75. The lowest BCUT2D eigenvalue weighted by molar-refractivity contribution is 0.0995. The first-order valence-electron chi connectivity index (χ1n) is 5.61. The number of halogens is 2. The van der Waals surface area contributed by atoms with Crippen LogP contribution in [-0.4, -0.2) is 17.9 Å². The lowest BCUT2D eigenvalue weighted by atomic mass is 10.2. The molecule has 0 saturated heterocycles. The molecular weight excluding hydrogens is 285 g/mol. The van der Waals surface area contributed by atoms with Gasteiger partial charge in [-0.15, -0.1) is 0 Å². The molecule has 0 spiro atoms. The van der Waals surface area contributed by atoms with Gasteiger partial charge in [0.1, 0.15) is 11.4 Å². The molecule has 0 radical (unpaired) electrons. The van der Waals surface area contributed by atoms with Crippen molar-refractivity contribution in [3.63, 3.8) is 0 Å². The summed E-state index contributed by atoms with van der Waals surface area (Å²) in [7, 11) is 1.63. The van der Waals surface area contributed by atoms with Crippen LogP contribution in [0.4, 0.5) is 10.1 Å². The number of ether oxygens (including phenoxy) is 1. The molecule has 0 bridgehead atoms. The maximum Gasteiger partial charge on any atom is 0.267 e. The van der Waals surface area contributed by atoms with E-state index in [2.05, 4.69) is 10.3 Å². The van der Waals surface area contributed by atoms with Crippen molar-refractivity contribution in [1.82, 2.24) is 4.98 Å². The maximum atomic E-state index is 13.8. The number of rotatable bonds is 4. The number of hydrogen-bond donors (Lipinski definition) is 2. The molecule has 0 saturated carbocycles. The van der Waals surface area contributed by atoms with E-state index in [9.17, 15) is 9.18 Å². The molecular formula is C13H11ClFN3O2. The fraction of sp³-hybridized carbons (Fsp3) is 0.0769. The van der Waals surface area contributed by atoms with Crippen LogP contribution in [0.25, 0.3) is 0 Å². The van der Waals surface area contributed by atoms with Gasteiger partial charge in [0.25, 0.3) is 5.91 Å². The number of carbonyl (C=O) groups excluding carboxylic acids is 1. The van der Waals surface area contributed by atoms with Crippen LogP contribution in [0, 0.1) is 5.82 Å². The fourth-order valence-electron chi connectivity index (χ4n) is 1.53. The molecule has 1 amide bonds. The molecule has 0 unspecified atom stereocenters. The maximum absolute atomic E-state index is 13.8. The molecule has 1 aromatic carbocycles. The van der Waals surface area contributed by atoms with E-state index in [1.54, 1.807) is 7.05 Å². The van der Waals surface area contributed by atoms with Gasteiger partial charge in [-0.25, -0.2) is 4.39 Å². The largest absolute Gasteiger partial charge is 0.454 e. The van der Waals surface area contributed by atoms with Crippen molar-refractivity contribution < 1.29 is 13.9 Å². The summed E-state index contributed by atoms with van der Waals surface area (Å²) in [5.74, 6) is -1.10. The minimum atomic E-state index is -0.695. The molecule has 0 aliphatic heterocycles. The van der Waals surface area contributed by atoms with Gasteiger partial charge in [-0.05, 0) is 6.07 Å². The highest BCUT2D eigenvalue weighted by atomic mass is 35.5. The van der Waals surface area contributed by atoms with Gasteiger partial charge in [0.15, 0.2) is 11.6 Å². The van der Waals surface area contributed by atoms with Crippen LogP contribution in [0.15, 0.2) is 30.5 Å². The molecule has 2 aromatic rings. The lowest BCUT2D eigenvalue weighted by Crippen LogP contribution is -2.12. The van der Waals surface area contributed by atoms with Crippen molar-refractivity contribution >= 4 is 23.2 Å². The summed E-state index contributed by atoms with van der Waals surface area (Å²) in [5, 5.41) is 3.07. The number of nitrogens with one attached hydrogen (secondary N) is 1. The van der Waals surface area contributed by atoms with E-state index in [-0.39, 0.29) is 17.2 Å². The van der Waals surface area contributed by atoms with E-state index < -0.39 is 11.7 Å². The number of nitrogens with zero attached hydrogens (tertiary/aromatic N) is 1. The Morgan fingerprint density at radius 3 is 2.85 bits per heavy atom. The summed E-state index contributed by atoms with van der Waals surface area (Å²) in [6.45, 7) is 0. The lowest BCUT2D eigenvalue weighted by Gasteiger charge is -2.10. The molecule has 1 heterocycles. The molecule has 7 heteroatoms. The molecule has 20 heavy (non-hydrogen) atoms. The fourth-order valence-corrected chi connectivity index (χ4v) is 1.78. The molecule has 2 rings (SSSR count). The number of pyridine rings is 1. The van der Waals surface area contributed by atoms with Crippen molar-refractivity contribution in [3.8, 4) is 11.5 Å². The van der Waals surface area contributed by atoms with Gasteiger partial charge in [-0.1, -0.05) is 11.6 Å². The van der Waals surface area contributed by atoms with Gasteiger partial charge in [0.05, 0.1) is 10.7 Å². The molecule has 0 aliphatic rings. The van der Waals surface area contributed by atoms with E-state index in [1.807, 2.05) is 0 Å². The summed E-state index contributed by atoms with van der Waals surface area (Å²) >= 11 is 5.95. The van der Waals surface area contributed by atoms with E-state index in [0.717, 1.165) is 0 Å². The standard InChI is InChI=1S/C13H11ClFN3O2/c1-17-10-6-9(15)12(5-8(10)14)20-7-2-3-18-11(4-7)13(16)19/h2-6,17H,1H3,(H2,16,19). The Kier molecular flexibility index (Phi) is 4.05. The third kappa shape index (κ3) is 2.97. The highest BCUT2D eigenvalue weighted by molar-refractivity contribution is 6.33. The smallest absolute Gasteiger partial charge is 0.267 e. The Morgan fingerprint density at radius 2 is 2.20 bits per heavy atom. The molecule has 5 nitrogen and oxygen atoms in total. The number of anilines is 1. The van der Waals surface area contributed by atoms with Gasteiger partial charge >= 0.3 is 0 Å². The van der Waals surface area contributed by atoms with Crippen molar-refractivity contribution in [2.24, 2.45) is 5.73 Å². The zero-order valence-electron chi connectivity index (χ0n) is 10.5. The summed E-state index contributed by atoms with van der Waals surface area (Å²) < 4.78 is 19.2. The number of aromatic nitrogens is 1. The Labute approximate surface area is 119 Å². The third-order valence-electron chi connectivity index (χ3n) is 2.50. The van der Waals surface area contributed by atoms with Crippen LogP contribution in [0.2, 0.25) is 5.02 Å². The van der Waals surface area contributed by atoms with Gasteiger partial charge in [-0.3, -0.25) is 9.78 Å². The second-order valence-corrected chi connectivity index (χ2v) is 4.26. The van der Waals surface area contributed by atoms with Crippen LogP contribution >= 0.6 is 11.6 Å². The minimum absolute atomic E-state index is 0.0286. The molecule has 1 aromatic heterocycles. The summed E-state index contributed by atoms with van der Waals surface area (Å²) in [6, 6.07) is 5.36. The van der Waals surface area contributed by atoms with Crippen LogP contribution in [0.1, 0.15) is 10.5 Å². The number of benzene rings is 1. The summed E-state index contributed by atoms with van der Waals surface area (Å²) in [4.78, 5) is 14.8. The van der Waals surface area contributed by atoms with E-state index in [0.29, 0.717) is 10.7 Å². The number of carbonyl (C=O) groups is 1. The normalized spacial score (nSPS) is 10.2. The molecule has 3 N–H and O–H groups in total. The molecule has 104 valence electrons. The second-order valence-electron chi connectivity index (χ2n) is 3.86. The van der Waals surface area contributed by atoms with Gasteiger partial charge in [-0.2, -0.15) is 0 Å². The van der Waals surface area contributed by atoms with Crippen molar-refractivity contribution in [2.45, 2.75) is 0 Å². The van der Waals surface area contributed by atoms with Gasteiger partial charge in [0, 0.05) is 31.4 Å². The number of nitrogens with two attached hydrogens (primary N) is 1. The summed E-state index contributed by atoms with van der Waals surface area (Å²) in [6.07, 6.45) is 1.34. The predicted molar refractivity (Wildman–Crippen MR) is 73.8 cm³/mol. The first-order valence-corrected chi connectivity index (χ1v) is 5.99. The summed E-state index contributed by atoms with van der Waals surface area (Å²) in [5.41, 5.74) is 5.58. The van der Waals surface area contributed by atoms with E-state index in [4.69, 9.17) is 22.1 Å². The Morgan fingerprint density at radius 1 is 1.45 bits per heavy atom. The van der Waals surface area contributed by atoms with Crippen LogP contribution in [-0.2, 0) is 0 Å².